The number of carbonyl (C=O) groups is 1. The van der Waals surface area contributed by atoms with Crippen molar-refractivity contribution >= 4 is 35.0 Å². The molecule has 0 aromatic heterocycles. The lowest BCUT2D eigenvalue weighted by atomic mass is 10.2. The zero-order valence-electron chi connectivity index (χ0n) is 13.8. The van der Waals surface area contributed by atoms with Crippen LogP contribution in [0, 0.1) is 0 Å². The first-order valence-electron chi connectivity index (χ1n) is 7.43. The molecule has 0 bridgehead atoms. The van der Waals surface area contributed by atoms with Gasteiger partial charge in [-0.3, -0.25) is 4.79 Å². The van der Waals surface area contributed by atoms with Crippen molar-refractivity contribution in [2.24, 2.45) is 0 Å². The Kier molecular flexibility index (Phi) is 6.82. The molecule has 2 rings (SSSR count). The van der Waals surface area contributed by atoms with Crippen molar-refractivity contribution in [2.45, 2.75) is 12.2 Å². The Labute approximate surface area is 151 Å². The number of anilines is 1. The van der Waals surface area contributed by atoms with Crippen molar-refractivity contribution in [1.29, 1.82) is 0 Å². The maximum absolute atomic E-state index is 12.2. The van der Waals surface area contributed by atoms with E-state index in [1.54, 1.807) is 23.9 Å². The number of rotatable bonds is 7. The number of hydrogen-bond donors (Lipinski definition) is 1. The summed E-state index contributed by atoms with van der Waals surface area (Å²) < 4.78 is 10.4. The van der Waals surface area contributed by atoms with Gasteiger partial charge in [-0.25, -0.2) is 0 Å². The first-order valence-corrected chi connectivity index (χ1v) is 8.85. The molecule has 1 atom stereocenters. The van der Waals surface area contributed by atoms with Gasteiger partial charge in [-0.05, 0) is 12.5 Å². The molecule has 1 amide bonds. The summed E-state index contributed by atoms with van der Waals surface area (Å²) >= 11 is 7.64. The Balaban J connectivity index is 1.99. The monoisotopic (exact) mass is 365 g/mol. The smallest absolute Gasteiger partial charge is 0.234 e. The number of nitrogens with one attached hydrogen (secondary N) is 1. The molecule has 1 unspecified atom stereocenters. The molecule has 24 heavy (non-hydrogen) atoms. The van der Waals surface area contributed by atoms with Crippen LogP contribution in [0.4, 0.5) is 5.69 Å². The quantitative estimate of drug-likeness (QED) is 0.766. The SMILES string of the molecule is COc1cc(NC(=O)CSC(C)c2ccccc2)c(OC)cc1Cl. The second-order valence-corrected chi connectivity index (χ2v) is 6.84. The van der Waals surface area contributed by atoms with Gasteiger partial charge in [0.15, 0.2) is 0 Å². The van der Waals surface area contributed by atoms with Crippen LogP contribution in [0.3, 0.4) is 0 Å². The Hall–Kier alpha value is -1.85. The van der Waals surface area contributed by atoms with Gasteiger partial charge in [0.1, 0.15) is 11.5 Å². The number of thioether (sulfide) groups is 1. The number of hydrogen-bond acceptors (Lipinski definition) is 4. The van der Waals surface area contributed by atoms with E-state index in [0.29, 0.717) is 28.0 Å². The number of carbonyl (C=O) groups excluding carboxylic acids is 1. The molecule has 2 aromatic rings. The normalized spacial score (nSPS) is 11.7. The maximum Gasteiger partial charge on any atom is 0.234 e. The van der Waals surface area contributed by atoms with Gasteiger partial charge < -0.3 is 14.8 Å². The summed E-state index contributed by atoms with van der Waals surface area (Å²) in [5, 5.41) is 3.51. The molecular formula is C18H20ClNO3S. The van der Waals surface area contributed by atoms with Crippen molar-refractivity contribution in [2.75, 3.05) is 25.3 Å². The fourth-order valence-corrected chi connectivity index (χ4v) is 3.22. The molecule has 0 fully saturated rings. The van der Waals surface area contributed by atoms with Crippen LogP contribution in [-0.2, 0) is 4.79 Å². The molecule has 0 saturated carbocycles. The zero-order valence-corrected chi connectivity index (χ0v) is 15.4. The number of ether oxygens (including phenoxy) is 2. The first kappa shape index (κ1) is 18.5. The minimum atomic E-state index is -0.106. The van der Waals surface area contributed by atoms with E-state index in [1.165, 1.54) is 19.8 Å². The van der Waals surface area contributed by atoms with Gasteiger partial charge in [0.2, 0.25) is 5.91 Å². The van der Waals surface area contributed by atoms with E-state index in [9.17, 15) is 4.79 Å². The fraction of sp³-hybridized carbons (Fsp3) is 0.278. The van der Waals surface area contributed by atoms with Crippen LogP contribution >= 0.6 is 23.4 Å². The molecule has 0 aliphatic rings. The van der Waals surface area contributed by atoms with Gasteiger partial charge >= 0.3 is 0 Å². The molecule has 0 radical (unpaired) electrons. The van der Waals surface area contributed by atoms with Crippen molar-refractivity contribution in [3.05, 3.63) is 53.1 Å². The Bertz CT molecular complexity index is 694. The lowest BCUT2D eigenvalue weighted by Crippen LogP contribution is -2.15. The minimum absolute atomic E-state index is 0.106. The molecule has 6 heteroatoms. The maximum atomic E-state index is 12.2. The summed E-state index contributed by atoms with van der Waals surface area (Å²) in [6.07, 6.45) is 0. The molecule has 0 aliphatic heterocycles. The number of benzene rings is 2. The number of amides is 1. The van der Waals surface area contributed by atoms with E-state index in [-0.39, 0.29) is 11.2 Å². The number of methoxy groups -OCH3 is 2. The largest absolute Gasteiger partial charge is 0.495 e. The predicted octanol–water partition coefficient (Wildman–Crippen LogP) is 4.79. The molecule has 0 saturated heterocycles. The highest BCUT2D eigenvalue weighted by atomic mass is 35.5. The topological polar surface area (TPSA) is 47.6 Å². The average molecular weight is 366 g/mol. The van der Waals surface area contributed by atoms with E-state index < -0.39 is 0 Å². The Morgan fingerprint density at radius 2 is 1.83 bits per heavy atom. The molecular weight excluding hydrogens is 346 g/mol. The van der Waals surface area contributed by atoms with Crippen molar-refractivity contribution < 1.29 is 14.3 Å². The lowest BCUT2D eigenvalue weighted by molar-refractivity contribution is -0.113. The average Bonchev–Trinajstić information content (AvgIpc) is 2.61. The third kappa shape index (κ3) is 4.82. The van der Waals surface area contributed by atoms with Crippen molar-refractivity contribution in [3.8, 4) is 11.5 Å². The van der Waals surface area contributed by atoms with Gasteiger partial charge in [0.25, 0.3) is 0 Å². The molecule has 0 aliphatic carbocycles. The standard InChI is InChI=1S/C18H20ClNO3S/c1-12(13-7-5-4-6-8-13)24-11-18(21)20-15-10-16(22-2)14(19)9-17(15)23-3/h4-10,12H,11H2,1-3H3,(H,20,21). The van der Waals surface area contributed by atoms with Crippen LogP contribution in [0.15, 0.2) is 42.5 Å². The molecule has 128 valence electrons. The third-order valence-corrected chi connectivity index (χ3v) is 4.98. The van der Waals surface area contributed by atoms with Gasteiger partial charge in [-0.2, -0.15) is 0 Å². The van der Waals surface area contributed by atoms with E-state index in [2.05, 4.69) is 24.4 Å². The lowest BCUT2D eigenvalue weighted by Gasteiger charge is -2.14. The summed E-state index contributed by atoms with van der Waals surface area (Å²) in [5.74, 6) is 1.21. The Morgan fingerprint density at radius 3 is 2.46 bits per heavy atom. The van der Waals surface area contributed by atoms with Gasteiger partial charge in [0, 0.05) is 17.4 Å². The van der Waals surface area contributed by atoms with Gasteiger partial charge in [0.05, 0.1) is 30.7 Å². The van der Waals surface area contributed by atoms with Crippen LogP contribution in [-0.4, -0.2) is 25.9 Å². The second-order valence-electron chi connectivity index (χ2n) is 5.10. The van der Waals surface area contributed by atoms with Crippen LogP contribution < -0.4 is 14.8 Å². The van der Waals surface area contributed by atoms with E-state index in [0.717, 1.165) is 0 Å². The van der Waals surface area contributed by atoms with Crippen LogP contribution in [0.5, 0.6) is 11.5 Å². The highest BCUT2D eigenvalue weighted by Crippen LogP contribution is 2.36. The molecule has 2 aromatic carbocycles. The summed E-state index contributed by atoms with van der Waals surface area (Å²) in [4.78, 5) is 12.2. The van der Waals surface area contributed by atoms with E-state index in [1.807, 2.05) is 18.2 Å². The van der Waals surface area contributed by atoms with Gasteiger partial charge in [-0.1, -0.05) is 41.9 Å². The summed E-state index contributed by atoms with van der Waals surface area (Å²) in [5.41, 5.74) is 1.73. The molecule has 0 heterocycles. The third-order valence-electron chi connectivity index (χ3n) is 3.48. The van der Waals surface area contributed by atoms with Crippen LogP contribution in [0.1, 0.15) is 17.7 Å². The minimum Gasteiger partial charge on any atom is -0.495 e. The molecule has 4 nitrogen and oxygen atoms in total. The summed E-state index contributed by atoms with van der Waals surface area (Å²) in [7, 11) is 3.05. The van der Waals surface area contributed by atoms with Crippen molar-refractivity contribution in [1.82, 2.24) is 0 Å². The first-order chi connectivity index (χ1) is 11.5. The zero-order chi connectivity index (χ0) is 17.5. The van der Waals surface area contributed by atoms with Crippen molar-refractivity contribution in [3.63, 3.8) is 0 Å². The van der Waals surface area contributed by atoms with Crippen LogP contribution in [0.2, 0.25) is 5.02 Å². The fourth-order valence-electron chi connectivity index (χ4n) is 2.17. The molecule has 1 N–H and O–H groups in total. The van der Waals surface area contributed by atoms with Crippen LogP contribution in [0.25, 0.3) is 0 Å². The van der Waals surface area contributed by atoms with E-state index >= 15 is 0 Å². The van der Waals surface area contributed by atoms with E-state index in [4.69, 9.17) is 21.1 Å². The predicted molar refractivity (Wildman–Crippen MR) is 101 cm³/mol. The number of halogens is 1. The highest BCUT2D eigenvalue weighted by molar-refractivity contribution is 8.00. The van der Waals surface area contributed by atoms with Gasteiger partial charge in [-0.15, -0.1) is 11.8 Å². The summed E-state index contributed by atoms with van der Waals surface area (Å²) in [6.45, 7) is 2.08. The molecule has 0 spiro atoms. The Morgan fingerprint density at radius 1 is 1.17 bits per heavy atom. The highest BCUT2D eigenvalue weighted by Gasteiger charge is 2.14. The summed E-state index contributed by atoms with van der Waals surface area (Å²) in [6, 6.07) is 13.4. The second kappa shape index (κ2) is 8.85.